The quantitative estimate of drug-likeness (QED) is 0.304. The Morgan fingerprint density at radius 3 is 2.56 bits per heavy atom. The SMILES string of the molecule is CCOC(=O)[C@H]1C[C@]1(N=[N+]=[N-])C(=O)OCC. The Kier molecular flexibility index (Phi) is 3.73. The molecule has 16 heavy (non-hydrogen) atoms. The standard InChI is InChI=1S/C9H13N3O4/c1-3-15-7(13)6-5-9(6,11-12-10)8(14)16-4-2/h6H,3-5H2,1-2H3/t6-,9-/m1/s1. The van der Waals surface area contributed by atoms with Crippen molar-refractivity contribution in [2.75, 3.05) is 13.2 Å². The molecule has 0 aromatic carbocycles. The normalized spacial score (nSPS) is 26.5. The lowest BCUT2D eigenvalue weighted by Gasteiger charge is -2.09. The number of carbonyl (C=O) groups is 2. The number of rotatable bonds is 5. The average molecular weight is 227 g/mol. The molecule has 1 saturated carbocycles. The van der Waals surface area contributed by atoms with Gasteiger partial charge in [-0.15, -0.1) is 0 Å². The molecule has 0 aromatic heterocycles. The third-order valence-corrected chi connectivity index (χ3v) is 2.35. The lowest BCUT2D eigenvalue weighted by molar-refractivity contribution is -0.151. The van der Waals surface area contributed by atoms with Crippen LogP contribution in [0.2, 0.25) is 0 Å². The average Bonchev–Trinajstić information content (AvgIpc) is 2.95. The van der Waals surface area contributed by atoms with Crippen LogP contribution in [0.1, 0.15) is 20.3 Å². The highest BCUT2D eigenvalue weighted by atomic mass is 16.5. The summed E-state index contributed by atoms with van der Waals surface area (Å²) in [5.74, 6) is -1.89. The zero-order valence-corrected chi connectivity index (χ0v) is 9.17. The molecule has 0 aromatic rings. The van der Waals surface area contributed by atoms with E-state index in [2.05, 4.69) is 10.0 Å². The van der Waals surface area contributed by atoms with Crippen LogP contribution in [0.3, 0.4) is 0 Å². The van der Waals surface area contributed by atoms with Crippen LogP contribution >= 0.6 is 0 Å². The highest BCUT2D eigenvalue weighted by Gasteiger charge is 2.65. The van der Waals surface area contributed by atoms with Crippen molar-refractivity contribution >= 4 is 11.9 Å². The van der Waals surface area contributed by atoms with Crippen LogP contribution < -0.4 is 0 Å². The predicted octanol–water partition coefficient (Wildman–Crippen LogP) is 1.18. The molecule has 0 N–H and O–H groups in total. The molecular weight excluding hydrogens is 214 g/mol. The minimum atomic E-state index is -1.38. The van der Waals surface area contributed by atoms with Crippen LogP contribution in [0.5, 0.6) is 0 Å². The van der Waals surface area contributed by atoms with Crippen molar-refractivity contribution in [2.45, 2.75) is 25.8 Å². The molecule has 0 aliphatic heterocycles. The molecule has 7 nitrogen and oxygen atoms in total. The summed E-state index contributed by atoms with van der Waals surface area (Å²) >= 11 is 0. The lowest BCUT2D eigenvalue weighted by atomic mass is 10.2. The molecule has 1 aliphatic rings. The zero-order valence-electron chi connectivity index (χ0n) is 9.17. The Bertz CT molecular complexity index is 351. The van der Waals surface area contributed by atoms with Crippen LogP contribution in [-0.4, -0.2) is 30.7 Å². The number of carbonyl (C=O) groups excluding carboxylic acids is 2. The topological polar surface area (TPSA) is 101 Å². The van der Waals surface area contributed by atoms with Crippen molar-refractivity contribution in [1.82, 2.24) is 0 Å². The van der Waals surface area contributed by atoms with Crippen molar-refractivity contribution in [2.24, 2.45) is 11.0 Å². The number of azide groups is 1. The van der Waals surface area contributed by atoms with Crippen LogP contribution in [0, 0.1) is 5.92 Å². The molecule has 88 valence electrons. The molecule has 0 saturated heterocycles. The van der Waals surface area contributed by atoms with Gasteiger partial charge in [-0.2, -0.15) is 0 Å². The van der Waals surface area contributed by atoms with Gasteiger partial charge in [0.15, 0.2) is 5.54 Å². The fourth-order valence-electron chi connectivity index (χ4n) is 1.49. The summed E-state index contributed by atoms with van der Waals surface area (Å²) in [7, 11) is 0. The van der Waals surface area contributed by atoms with Gasteiger partial charge in [-0.25, -0.2) is 0 Å². The van der Waals surface area contributed by atoms with Gasteiger partial charge >= 0.3 is 11.9 Å². The highest BCUT2D eigenvalue weighted by molar-refractivity contribution is 5.95. The first-order chi connectivity index (χ1) is 7.62. The van der Waals surface area contributed by atoms with Crippen LogP contribution in [0.25, 0.3) is 10.4 Å². The van der Waals surface area contributed by atoms with Crippen molar-refractivity contribution in [3.8, 4) is 0 Å². The van der Waals surface area contributed by atoms with Gasteiger partial charge in [0.2, 0.25) is 0 Å². The van der Waals surface area contributed by atoms with Gasteiger partial charge in [-0.1, -0.05) is 5.11 Å². The van der Waals surface area contributed by atoms with E-state index in [1.807, 2.05) is 0 Å². The molecule has 2 atom stereocenters. The first kappa shape index (κ1) is 12.3. The Hall–Kier alpha value is -1.75. The van der Waals surface area contributed by atoms with E-state index in [0.29, 0.717) is 0 Å². The summed E-state index contributed by atoms with van der Waals surface area (Å²) < 4.78 is 9.53. The molecule has 0 spiro atoms. The molecule has 0 radical (unpaired) electrons. The van der Waals surface area contributed by atoms with Gasteiger partial charge in [0.05, 0.1) is 19.1 Å². The van der Waals surface area contributed by atoms with Crippen LogP contribution in [0.4, 0.5) is 0 Å². The number of esters is 2. The van der Waals surface area contributed by atoms with Gasteiger partial charge in [0.25, 0.3) is 0 Å². The Morgan fingerprint density at radius 1 is 1.44 bits per heavy atom. The summed E-state index contributed by atoms with van der Waals surface area (Å²) in [5.41, 5.74) is 7.01. The van der Waals surface area contributed by atoms with Gasteiger partial charge < -0.3 is 9.47 Å². The van der Waals surface area contributed by atoms with Crippen LogP contribution in [0.15, 0.2) is 5.11 Å². The van der Waals surface area contributed by atoms with Gasteiger partial charge in [0.1, 0.15) is 0 Å². The maximum Gasteiger partial charge on any atom is 0.318 e. The summed E-state index contributed by atoms with van der Waals surface area (Å²) in [5, 5.41) is 3.38. The molecule has 1 aliphatic carbocycles. The first-order valence-electron chi connectivity index (χ1n) is 5.02. The van der Waals surface area contributed by atoms with Gasteiger partial charge in [-0.05, 0) is 25.8 Å². The number of hydrogen-bond donors (Lipinski definition) is 0. The Balaban J connectivity index is 2.77. The molecular formula is C9H13N3O4. The van der Waals surface area contributed by atoms with E-state index < -0.39 is 23.4 Å². The Morgan fingerprint density at radius 2 is 2.06 bits per heavy atom. The van der Waals surface area contributed by atoms with E-state index in [9.17, 15) is 9.59 Å². The highest BCUT2D eigenvalue weighted by Crippen LogP contribution is 2.49. The first-order valence-corrected chi connectivity index (χ1v) is 5.02. The number of nitrogens with zero attached hydrogens (tertiary/aromatic N) is 3. The molecule has 1 rings (SSSR count). The lowest BCUT2D eigenvalue weighted by Crippen LogP contribution is -2.28. The Labute approximate surface area is 92.3 Å². The van der Waals surface area contributed by atoms with E-state index in [1.165, 1.54) is 0 Å². The smallest absolute Gasteiger partial charge is 0.318 e. The molecule has 0 heterocycles. The minimum absolute atomic E-state index is 0.161. The van der Waals surface area contributed by atoms with Crippen LogP contribution in [-0.2, 0) is 19.1 Å². The fraction of sp³-hybridized carbons (Fsp3) is 0.778. The largest absolute Gasteiger partial charge is 0.466 e. The van der Waals surface area contributed by atoms with E-state index in [4.69, 9.17) is 15.0 Å². The second-order valence-electron chi connectivity index (χ2n) is 3.34. The third kappa shape index (κ3) is 2.09. The molecule has 0 unspecified atom stereocenters. The number of ether oxygens (including phenoxy) is 2. The van der Waals surface area contributed by atoms with Crippen molar-refractivity contribution in [3.05, 3.63) is 10.4 Å². The zero-order chi connectivity index (χ0) is 12.2. The van der Waals surface area contributed by atoms with Crippen molar-refractivity contribution in [1.29, 1.82) is 0 Å². The second-order valence-corrected chi connectivity index (χ2v) is 3.34. The van der Waals surface area contributed by atoms with Gasteiger partial charge in [0, 0.05) is 4.91 Å². The maximum absolute atomic E-state index is 11.5. The summed E-state index contributed by atoms with van der Waals surface area (Å²) in [6.45, 7) is 3.71. The molecule has 0 amide bonds. The van der Waals surface area contributed by atoms with Crippen molar-refractivity contribution < 1.29 is 19.1 Å². The predicted molar refractivity (Wildman–Crippen MR) is 53.3 cm³/mol. The van der Waals surface area contributed by atoms with E-state index in [0.717, 1.165) is 0 Å². The van der Waals surface area contributed by atoms with Gasteiger partial charge in [-0.3, -0.25) is 9.59 Å². The van der Waals surface area contributed by atoms with E-state index in [1.54, 1.807) is 13.8 Å². The number of hydrogen-bond acceptors (Lipinski definition) is 5. The summed E-state index contributed by atoms with van der Waals surface area (Å²) in [4.78, 5) is 25.5. The molecule has 7 heteroatoms. The minimum Gasteiger partial charge on any atom is -0.466 e. The fourth-order valence-corrected chi connectivity index (χ4v) is 1.49. The van der Waals surface area contributed by atoms with Crippen molar-refractivity contribution in [3.63, 3.8) is 0 Å². The second kappa shape index (κ2) is 4.85. The van der Waals surface area contributed by atoms with E-state index >= 15 is 0 Å². The van der Waals surface area contributed by atoms with E-state index in [-0.39, 0.29) is 19.6 Å². The third-order valence-electron chi connectivity index (χ3n) is 2.35. The molecule has 0 bridgehead atoms. The summed E-state index contributed by atoms with van der Waals surface area (Å²) in [6.07, 6.45) is 0.161. The molecule has 1 fully saturated rings. The maximum atomic E-state index is 11.5. The summed E-state index contributed by atoms with van der Waals surface area (Å²) in [6, 6.07) is 0. The monoisotopic (exact) mass is 227 g/mol.